The fraction of sp³-hybridized carbons (Fsp3) is 0.143. The summed E-state index contributed by atoms with van der Waals surface area (Å²) >= 11 is 0. The molecule has 11 nitrogen and oxygen atoms in total. The van der Waals surface area contributed by atoms with E-state index < -0.39 is 16.1 Å². The molecule has 0 aliphatic rings. The van der Waals surface area contributed by atoms with Crippen LogP contribution in [0.2, 0.25) is 0 Å². The molecule has 0 saturated heterocycles. The number of benzene rings is 2. The molecular formula is C21H21N7O4S. The molecule has 1 heterocycles. The number of carbonyl (C=O) groups is 1. The van der Waals surface area contributed by atoms with Crippen molar-refractivity contribution in [2.45, 2.75) is 6.61 Å². The van der Waals surface area contributed by atoms with Crippen LogP contribution in [0.25, 0.3) is 11.1 Å². The van der Waals surface area contributed by atoms with Crippen molar-refractivity contribution in [3.63, 3.8) is 0 Å². The lowest BCUT2D eigenvalue weighted by Gasteiger charge is -2.16. The topological polar surface area (TPSA) is 177 Å². The molecule has 170 valence electrons. The molecule has 0 radical (unpaired) electrons. The minimum atomic E-state index is -3.80. The van der Waals surface area contributed by atoms with Crippen LogP contribution in [0.5, 0.6) is 5.75 Å². The molecule has 1 aromatic heterocycles. The van der Waals surface area contributed by atoms with E-state index in [0.717, 1.165) is 4.31 Å². The molecule has 0 atom stereocenters. The minimum Gasteiger partial charge on any atom is -0.488 e. The number of nitrogens with zero attached hydrogens (tertiary/aromatic N) is 4. The van der Waals surface area contributed by atoms with Crippen molar-refractivity contribution >= 4 is 27.8 Å². The molecule has 0 saturated carbocycles. The van der Waals surface area contributed by atoms with E-state index in [4.69, 9.17) is 16.2 Å². The zero-order valence-corrected chi connectivity index (χ0v) is 18.6. The van der Waals surface area contributed by atoms with Gasteiger partial charge in [-0.1, -0.05) is 24.3 Å². The number of nitriles is 1. The molecule has 0 spiro atoms. The Kier molecular flexibility index (Phi) is 6.76. The number of ether oxygens (including phenoxy) is 1. The molecule has 1 amide bonds. The summed E-state index contributed by atoms with van der Waals surface area (Å²) in [6.45, 7) is 0.0428. The second kappa shape index (κ2) is 9.51. The van der Waals surface area contributed by atoms with Gasteiger partial charge in [-0.25, -0.2) is 9.97 Å². The zero-order chi connectivity index (χ0) is 24.2. The van der Waals surface area contributed by atoms with E-state index in [-0.39, 0.29) is 29.5 Å². The molecule has 12 heteroatoms. The van der Waals surface area contributed by atoms with E-state index in [0.29, 0.717) is 22.4 Å². The Morgan fingerprint density at radius 3 is 2.61 bits per heavy atom. The zero-order valence-electron chi connectivity index (χ0n) is 17.8. The fourth-order valence-electron chi connectivity index (χ4n) is 2.85. The number of aromatic nitrogens is 2. The molecule has 3 aromatic rings. The van der Waals surface area contributed by atoms with E-state index >= 15 is 0 Å². The number of para-hydroxylation sites is 1. The van der Waals surface area contributed by atoms with E-state index in [1.807, 2.05) is 6.07 Å². The fourth-order valence-corrected chi connectivity index (χ4v) is 3.48. The van der Waals surface area contributed by atoms with Gasteiger partial charge < -0.3 is 16.2 Å². The van der Waals surface area contributed by atoms with E-state index in [2.05, 4.69) is 14.7 Å². The summed E-state index contributed by atoms with van der Waals surface area (Å²) in [6, 6.07) is 13.5. The summed E-state index contributed by atoms with van der Waals surface area (Å²) < 4.78 is 33.7. The average Bonchev–Trinajstić information content (AvgIpc) is 2.77. The number of primary amides is 1. The lowest BCUT2D eigenvalue weighted by atomic mass is 10.0. The number of rotatable bonds is 8. The van der Waals surface area contributed by atoms with Crippen LogP contribution in [0, 0.1) is 11.3 Å². The number of carbonyl (C=O) groups excluding carboxylic acids is 1. The number of hydrogen-bond acceptors (Lipinski definition) is 8. The van der Waals surface area contributed by atoms with Gasteiger partial charge in [0.2, 0.25) is 5.95 Å². The van der Waals surface area contributed by atoms with Crippen LogP contribution in [0.15, 0.2) is 48.7 Å². The first-order valence-electron chi connectivity index (χ1n) is 9.50. The third-order valence-corrected chi connectivity index (χ3v) is 5.98. The predicted molar refractivity (Wildman–Crippen MR) is 122 cm³/mol. The quantitative estimate of drug-likeness (QED) is 0.446. The van der Waals surface area contributed by atoms with Crippen molar-refractivity contribution in [1.29, 1.82) is 5.26 Å². The van der Waals surface area contributed by atoms with Gasteiger partial charge in [0.25, 0.3) is 5.91 Å². The number of hydrogen-bond donors (Lipinski definition) is 3. The van der Waals surface area contributed by atoms with Gasteiger partial charge in [0.05, 0.1) is 11.3 Å². The maximum Gasteiger partial charge on any atom is 0.301 e. The maximum absolute atomic E-state index is 12.2. The monoisotopic (exact) mass is 467 g/mol. The Balaban J connectivity index is 1.92. The largest absolute Gasteiger partial charge is 0.488 e. The summed E-state index contributed by atoms with van der Waals surface area (Å²) in [6.07, 6.45) is 1.39. The molecule has 0 unspecified atom stereocenters. The average molecular weight is 468 g/mol. The molecule has 5 N–H and O–H groups in total. The standard InChI is InChI=1S/C21H21N7O4S/c1-28(2)33(30,31)27-17-9-13(7-8-14(17)10-22)12-32-18-6-4-3-5-15(18)16-11-25-21(24)26-19(16)20(23)29/h3-9,11,27H,12H2,1-2H3,(H2,23,29)(H2,24,25,26). The summed E-state index contributed by atoms with van der Waals surface area (Å²) in [5.74, 6) is -0.441. The minimum absolute atomic E-state index is 0.0428. The van der Waals surface area contributed by atoms with Gasteiger partial charge in [-0.15, -0.1) is 0 Å². The highest BCUT2D eigenvalue weighted by atomic mass is 32.2. The van der Waals surface area contributed by atoms with Crippen molar-refractivity contribution < 1.29 is 17.9 Å². The highest BCUT2D eigenvalue weighted by Gasteiger charge is 2.18. The molecule has 3 rings (SSSR count). The second-order valence-electron chi connectivity index (χ2n) is 7.02. The summed E-state index contributed by atoms with van der Waals surface area (Å²) in [5.41, 5.74) is 12.7. The molecule has 33 heavy (non-hydrogen) atoms. The summed E-state index contributed by atoms with van der Waals surface area (Å²) in [5, 5.41) is 9.32. The highest BCUT2D eigenvalue weighted by molar-refractivity contribution is 7.90. The van der Waals surface area contributed by atoms with Crippen LogP contribution in [-0.4, -0.2) is 42.7 Å². The smallest absolute Gasteiger partial charge is 0.301 e. The van der Waals surface area contributed by atoms with E-state index in [1.54, 1.807) is 30.3 Å². The highest BCUT2D eigenvalue weighted by Crippen LogP contribution is 2.32. The Hall–Kier alpha value is -4.21. The van der Waals surface area contributed by atoms with Gasteiger partial charge in [-0.2, -0.15) is 18.0 Å². The molecular weight excluding hydrogens is 446 g/mol. The second-order valence-corrected chi connectivity index (χ2v) is 8.91. The number of anilines is 2. The third-order valence-electron chi connectivity index (χ3n) is 4.54. The van der Waals surface area contributed by atoms with Crippen molar-refractivity contribution in [2.24, 2.45) is 5.73 Å². The molecule has 0 bridgehead atoms. The predicted octanol–water partition coefficient (Wildman–Crippen LogP) is 1.49. The van der Waals surface area contributed by atoms with E-state index in [9.17, 15) is 18.5 Å². The van der Waals surface area contributed by atoms with Gasteiger partial charge >= 0.3 is 10.2 Å². The Bertz CT molecular complexity index is 1350. The lowest BCUT2D eigenvalue weighted by molar-refractivity contribution is 0.0996. The number of amides is 1. The van der Waals surface area contributed by atoms with Crippen LogP contribution in [-0.2, 0) is 16.8 Å². The van der Waals surface area contributed by atoms with Gasteiger partial charge in [0.15, 0.2) is 0 Å². The maximum atomic E-state index is 12.2. The molecule has 0 aliphatic carbocycles. The van der Waals surface area contributed by atoms with Gasteiger partial charge in [0, 0.05) is 31.4 Å². The van der Waals surface area contributed by atoms with Crippen molar-refractivity contribution in [1.82, 2.24) is 14.3 Å². The third kappa shape index (κ3) is 5.35. The van der Waals surface area contributed by atoms with Crippen LogP contribution in [0.1, 0.15) is 21.6 Å². The number of nitrogens with one attached hydrogen (secondary N) is 1. The number of nitrogen functional groups attached to an aromatic ring is 1. The summed E-state index contributed by atoms with van der Waals surface area (Å²) in [4.78, 5) is 19.7. The van der Waals surface area contributed by atoms with Crippen molar-refractivity contribution in [3.05, 3.63) is 65.5 Å². The first kappa shape index (κ1) is 23.5. The van der Waals surface area contributed by atoms with Gasteiger partial charge in [-0.05, 0) is 23.8 Å². The first-order valence-corrected chi connectivity index (χ1v) is 10.9. The van der Waals surface area contributed by atoms with Crippen LogP contribution < -0.4 is 20.9 Å². The van der Waals surface area contributed by atoms with Crippen LogP contribution in [0.4, 0.5) is 11.6 Å². The normalized spacial score (nSPS) is 11.1. The van der Waals surface area contributed by atoms with Crippen LogP contribution >= 0.6 is 0 Å². The lowest BCUT2D eigenvalue weighted by Crippen LogP contribution is -2.29. The summed E-state index contributed by atoms with van der Waals surface area (Å²) in [7, 11) is -1.05. The molecule has 2 aromatic carbocycles. The molecule has 0 aliphatic heterocycles. The van der Waals surface area contributed by atoms with Gasteiger partial charge in [0.1, 0.15) is 24.1 Å². The number of nitrogens with two attached hydrogens (primary N) is 2. The van der Waals surface area contributed by atoms with Crippen molar-refractivity contribution in [3.8, 4) is 22.9 Å². The molecule has 0 fully saturated rings. The van der Waals surface area contributed by atoms with Crippen molar-refractivity contribution in [2.75, 3.05) is 24.6 Å². The Morgan fingerprint density at radius 1 is 1.21 bits per heavy atom. The first-order chi connectivity index (χ1) is 15.6. The van der Waals surface area contributed by atoms with Gasteiger partial charge in [-0.3, -0.25) is 9.52 Å². The Morgan fingerprint density at radius 2 is 1.94 bits per heavy atom. The van der Waals surface area contributed by atoms with Crippen LogP contribution in [0.3, 0.4) is 0 Å². The SMILES string of the molecule is CN(C)S(=O)(=O)Nc1cc(COc2ccccc2-c2cnc(N)nc2C(N)=O)ccc1C#N. The van der Waals surface area contributed by atoms with E-state index in [1.165, 1.54) is 32.4 Å². The Labute approximate surface area is 190 Å².